The topological polar surface area (TPSA) is 9.23 Å². The number of thiol groups is 1. The second kappa shape index (κ2) is 3.74. The molecule has 0 saturated carbocycles. The van der Waals surface area contributed by atoms with Crippen LogP contribution in [0.2, 0.25) is 0 Å². The minimum Gasteiger partial charge on any atom is -0.325 e. The first-order valence-electron chi connectivity index (χ1n) is 3.14. The molecule has 58 valence electrons. The third kappa shape index (κ3) is 5.12. The van der Waals surface area contributed by atoms with E-state index in [1.807, 2.05) is 13.8 Å². The van der Waals surface area contributed by atoms with Crippen molar-refractivity contribution in [2.75, 3.05) is 12.0 Å². The molecule has 1 nitrogen and oxygen atoms in total. The van der Waals surface area contributed by atoms with E-state index in [0.717, 1.165) is 5.75 Å². The molecule has 0 N–H and O–H groups in total. The normalized spacial score (nSPS) is 21.6. The molecule has 0 heterocycles. The van der Waals surface area contributed by atoms with Crippen LogP contribution in [0.25, 0.3) is 0 Å². The smallest absolute Gasteiger partial charge is 0.0654 e. The van der Waals surface area contributed by atoms with Gasteiger partial charge in [-0.05, 0) is 20.1 Å². The predicted octanol–water partition coefficient (Wildman–Crippen LogP) is 2.63. The van der Waals surface area contributed by atoms with Gasteiger partial charge in [-0.2, -0.15) is 0 Å². The Kier molecular flexibility index (Phi) is 4.01. The highest BCUT2D eigenvalue weighted by Gasteiger charge is 2.11. The van der Waals surface area contributed by atoms with Crippen LogP contribution in [-0.2, 0) is 4.18 Å². The fraction of sp³-hybridized carbons (Fsp3) is 1.00. The highest BCUT2D eigenvalue weighted by atomic mass is 33.1. The molecule has 0 aliphatic carbocycles. The molecule has 0 aliphatic rings. The molecular weight excluding hydrogens is 152 g/mol. The summed E-state index contributed by atoms with van der Waals surface area (Å²) in [6.45, 7) is 6.18. The van der Waals surface area contributed by atoms with Crippen molar-refractivity contribution >= 4 is 21.0 Å². The zero-order valence-corrected chi connectivity index (χ0v) is 8.26. The quantitative estimate of drug-likeness (QED) is 0.503. The molecular formula is C6H16OS2. The van der Waals surface area contributed by atoms with Gasteiger partial charge in [-0.3, -0.25) is 0 Å². The van der Waals surface area contributed by atoms with Gasteiger partial charge in [0.2, 0.25) is 0 Å². The monoisotopic (exact) mass is 168 g/mol. The van der Waals surface area contributed by atoms with Gasteiger partial charge in [0.25, 0.3) is 0 Å². The summed E-state index contributed by atoms with van der Waals surface area (Å²) < 4.78 is 5.53. The van der Waals surface area contributed by atoms with Gasteiger partial charge in [0, 0.05) is 5.75 Å². The molecule has 1 unspecified atom stereocenters. The van der Waals surface area contributed by atoms with Crippen molar-refractivity contribution in [1.82, 2.24) is 0 Å². The molecule has 3 heteroatoms. The van der Waals surface area contributed by atoms with Crippen molar-refractivity contribution in [2.45, 2.75) is 26.9 Å². The first kappa shape index (κ1) is 9.66. The van der Waals surface area contributed by atoms with Crippen molar-refractivity contribution < 1.29 is 4.18 Å². The zero-order chi connectivity index (χ0) is 7.49. The molecule has 0 bridgehead atoms. The van der Waals surface area contributed by atoms with E-state index < -0.39 is 9.34 Å². The van der Waals surface area contributed by atoms with E-state index in [4.69, 9.17) is 4.18 Å². The molecule has 0 saturated heterocycles. The lowest BCUT2D eigenvalue weighted by Crippen LogP contribution is -2.05. The first-order chi connectivity index (χ1) is 3.98. The maximum absolute atomic E-state index is 5.53. The van der Waals surface area contributed by atoms with E-state index in [1.165, 1.54) is 0 Å². The third-order valence-corrected chi connectivity index (χ3v) is 3.84. The number of hydrogen-bond acceptors (Lipinski definition) is 2. The predicted molar refractivity (Wildman–Crippen MR) is 49.3 cm³/mol. The Balaban J connectivity index is 3.58. The summed E-state index contributed by atoms with van der Waals surface area (Å²) in [5, 5.41) is 0. The van der Waals surface area contributed by atoms with Crippen molar-refractivity contribution in [3.8, 4) is 0 Å². The molecule has 0 fully saturated rings. The van der Waals surface area contributed by atoms with Crippen LogP contribution >= 0.6 is 21.0 Å². The van der Waals surface area contributed by atoms with E-state index in [9.17, 15) is 0 Å². The minimum absolute atomic E-state index is 0.308. The van der Waals surface area contributed by atoms with E-state index in [0.29, 0.717) is 6.10 Å². The van der Waals surface area contributed by atoms with Gasteiger partial charge in [0.15, 0.2) is 0 Å². The number of hydrogen-bond donors (Lipinski definition) is 1. The summed E-state index contributed by atoms with van der Waals surface area (Å²) in [6, 6.07) is 0. The Hall–Kier alpha value is 0.660. The van der Waals surface area contributed by atoms with Crippen molar-refractivity contribution in [2.24, 2.45) is 0 Å². The van der Waals surface area contributed by atoms with Gasteiger partial charge in [-0.15, -0.1) is 11.7 Å². The van der Waals surface area contributed by atoms with Crippen LogP contribution in [0.4, 0.5) is 0 Å². The molecule has 9 heavy (non-hydrogen) atoms. The molecule has 0 aromatic heterocycles. The van der Waals surface area contributed by atoms with Gasteiger partial charge in [-0.25, -0.2) is 0 Å². The molecule has 0 aromatic carbocycles. The van der Waals surface area contributed by atoms with Crippen LogP contribution in [-0.4, -0.2) is 18.1 Å². The SMILES string of the molecule is CCS(C)(S)OC(C)C. The van der Waals surface area contributed by atoms with Crippen LogP contribution in [0.1, 0.15) is 20.8 Å². The summed E-state index contributed by atoms with van der Waals surface area (Å²) in [7, 11) is -1.02. The third-order valence-electron chi connectivity index (χ3n) is 0.935. The van der Waals surface area contributed by atoms with E-state index in [2.05, 4.69) is 24.8 Å². The maximum Gasteiger partial charge on any atom is 0.0654 e. The lowest BCUT2D eigenvalue weighted by Gasteiger charge is -2.30. The maximum atomic E-state index is 5.53. The second-order valence-corrected chi connectivity index (χ2v) is 7.40. The zero-order valence-electron chi connectivity index (χ0n) is 6.55. The van der Waals surface area contributed by atoms with Crippen LogP contribution < -0.4 is 0 Å². The largest absolute Gasteiger partial charge is 0.325 e. The fourth-order valence-electron chi connectivity index (χ4n) is 0.483. The summed E-state index contributed by atoms with van der Waals surface area (Å²) in [5.74, 6) is 1.02. The lowest BCUT2D eigenvalue weighted by molar-refractivity contribution is 0.282. The Morgan fingerprint density at radius 1 is 1.56 bits per heavy atom. The molecule has 0 amide bonds. The second-order valence-electron chi connectivity index (χ2n) is 2.39. The van der Waals surface area contributed by atoms with Crippen molar-refractivity contribution in [3.05, 3.63) is 0 Å². The molecule has 0 aliphatic heterocycles. The van der Waals surface area contributed by atoms with E-state index >= 15 is 0 Å². The summed E-state index contributed by atoms with van der Waals surface area (Å²) >= 11 is 4.39. The molecule has 1 atom stereocenters. The van der Waals surface area contributed by atoms with Gasteiger partial charge in [0.05, 0.1) is 6.10 Å². The highest BCUT2D eigenvalue weighted by molar-refractivity contribution is 8.85. The average Bonchev–Trinajstić information content (AvgIpc) is 1.63. The Labute approximate surface area is 64.5 Å². The van der Waals surface area contributed by atoms with Crippen LogP contribution in [0.15, 0.2) is 0 Å². The number of rotatable bonds is 3. The molecule has 0 spiro atoms. The minimum atomic E-state index is -1.02. The highest BCUT2D eigenvalue weighted by Crippen LogP contribution is 2.50. The van der Waals surface area contributed by atoms with Crippen molar-refractivity contribution in [3.63, 3.8) is 0 Å². The fourth-order valence-corrected chi connectivity index (χ4v) is 1.96. The summed E-state index contributed by atoms with van der Waals surface area (Å²) in [5.41, 5.74) is 0. The molecule has 0 aromatic rings. The molecule has 0 radical (unpaired) electrons. The average molecular weight is 168 g/mol. The van der Waals surface area contributed by atoms with E-state index in [-0.39, 0.29) is 0 Å². The first-order valence-corrected chi connectivity index (χ1v) is 6.33. The van der Waals surface area contributed by atoms with Gasteiger partial charge in [-0.1, -0.05) is 16.3 Å². The molecule has 0 rings (SSSR count). The van der Waals surface area contributed by atoms with Gasteiger partial charge >= 0.3 is 0 Å². The summed E-state index contributed by atoms with van der Waals surface area (Å²) in [4.78, 5) is 0. The summed E-state index contributed by atoms with van der Waals surface area (Å²) in [6.07, 6.45) is 2.37. The standard InChI is InChI=1S/C6H16OS2/c1-5-9(4,8)7-6(2)3/h6,8H,5H2,1-4H3. The lowest BCUT2D eigenvalue weighted by atomic mass is 10.5. The van der Waals surface area contributed by atoms with Crippen molar-refractivity contribution in [1.29, 1.82) is 0 Å². The van der Waals surface area contributed by atoms with Crippen LogP contribution in [0.5, 0.6) is 0 Å². The van der Waals surface area contributed by atoms with Gasteiger partial charge in [0.1, 0.15) is 0 Å². The van der Waals surface area contributed by atoms with Crippen LogP contribution in [0, 0.1) is 0 Å². The Bertz CT molecular complexity index is 81.1. The van der Waals surface area contributed by atoms with Gasteiger partial charge < -0.3 is 4.18 Å². The van der Waals surface area contributed by atoms with E-state index in [1.54, 1.807) is 0 Å². The Morgan fingerprint density at radius 3 is 2.11 bits per heavy atom. The Morgan fingerprint density at radius 2 is 2.00 bits per heavy atom. The van der Waals surface area contributed by atoms with Crippen LogP contribution in [0.3, 0.4) is 0 Å².